The molecule has 1 spiro atoms. The maximum Gasteiger partial charge on any atom is 0.325 e. The van der Waals surface area contributed by atoms with Gasteiger partial charge in [0.15, 0.2) is 0 Å². The molecule has 0 radical (unpaired) electrons. The van der Waals surface area contributed by atoms with Gasteiger partial charge in [-0.05, 0) is 37.0 Å². The fraction of sp³-hybridized carbons (Fsp3) is 0.778. The zero-order chi connectivity index (χ0) is 19.5. The Morgan fingerprint density at radius 3 is 2.46 bits per heavy atom. The van der Waals surface area contributed by atoms with E-state index in [4.69, 9.17) is 5.11 Å². The lowest BCUT2D eigenvalue weighted by atomic mass is 9.65. The number of nitrogens with zero attached hydrogens (tertiary/aromatic N) is 1. The third-order valence-electron chi connectivity index (χ3n) is 6.06. The highest BCUT2D eigenvalue weighted by Gasteiger charge is 2.53. The van der Waals surface area contributed by atoms with Crippen molar-refractivity contribution in [2.75, 3.05) is 13.1 Å². The molecule has 0 bridgehead atoms. The molecule has 0 aromatic rings. The summed E-state index contributed by atoms with van der Waals surface area (Å²) in [5, 5.41) is 13.8. The standard InChI is InChI=1S/C18H29N3O5/c1-4-17(2,3)12-5-8-18(9-6-12)15(25)21(16(26)20-18)11-13(22)19-10-7-14(23)24/h12H,4-11H2,1-3H3,(H,19,22)(H,20,26)(H,23,24). The van der Waals surface area contributed by atoms with Crippen molar-refractivity contribution in [1.82, 2.24) is 15.5 Å². The number of imide groups is 1. The molecule has 2 rings (SSSR count). The Kier molecular flexibility index (Phi) is 5.93. The van der Waals surface area contributed by atoms with Gasteiger partial charge < -0.3 is 15.7 Å². The van der Waals surface area contributed by atoms with Crippen LogP contribution in [0.25, 0.3) is 0 Å². The molecule has 2 aliphatic rings. The number of carboxylic acid groups (broad SMARTS) is 1. The van der Waals surface area contributed by atoms with Crippen LogP contribution in [0.15, 0.2) is 0 Å². The molecule has 146 valence electrons. The summed E-state index contributed by atoms with van der Waals surface area (Å²) in [6.45, 7) is 6.22. The quantitative estimate of drug-likeness (QED) is 0.590. The molecule has 4 amide bonds. The van der Waals surface area contributed by atoms with Crippen LogP contribution >= 0.6 is 0 Å². The van der Waals surface area contributed by atoms with E-state index in [2.05, 4.69) is 31.4 Å². The van der Waals surface area contributed by atoms with Crippen LogP contribution in [0.5, 0.6) is 0 Å². The summed E-state index contributed by atoms with van der Waals surface area (Å²) in [4.78, 5) is 48.3. The Balaban J connectivity index is 1.94. The van der Waals surface area contributed by atoms with Gasteiger partial charge in [0.25, 0.3) is 5.91 Å². The Morgan fingerprint density at radius 1 is 1.31 bits per heavy atom. The highest BCUT2D eigenvalue weighted by molar-refractivity contribution is 6.09. The Hall–Kier alpha value is -2.12. The highest BCUT2D eigenvalue weighted by atomic mass is 16.4. The molecule has 1 heterocycles. The van der Waals surface area contributed by atoms with Gasteiger partial charge in [-0.25, -0.2) is 4.79 Å². The predicted octanol–water partition coefficient (Wildman–Crippen LogP) is 1.49. The zero-order valence-electron chi connectivity index (χ0n) is 15.8. The molecule has 2 fully saturated rings. The number of carbonyl (C=O) groups excluding carboxylic acids is 3. The molecule has 1 aliphatic heterocycles. The van der Waals surface area contributed by atoms with Gasteiger partial charge in [0.1, 0.15) is 12.1 Å². The topological polar surface area (TPSA) is 116 Å². The van der Waals surface area contributed by atoms with Crippen molar-refractivity contribution >= 4 is 23.8 Å². The zero-order valence-corrected chi connectivity index (χ0v) is 15.8. The van der Waals surface area contributed by atoms with Gasteiger partial charge in [-0.15, -0.1) is 0 Å². The van der Waals surface area contributed by atoms with Crippen molar-refractivity contribution in [1.29, 1.82) is 0 Å². The average Bonchev–Trinajstić information content (AvgIpc) is 2.79. The van der Waals surface area contributed by atoms with Gasteiger partial charge in [-0.1, -0.05) is 27.2 Å². The van der Waals surface area contributed by atoms with Crippen molar-refractivity contribution in [2.24, 2.45) is 11.3 Å². The fourth-order valence-corrected chi connectivity index (χ4v) is 3.85. The average molecular weight is 367 g/mol. The normalized spacial score (nSPS) is 26.1. The summed E-state index contributed by atoms with van der Waals surface area (Å²) in [5.74, 6) is -1.39. The van der Waals surface area contributed by atoms with E-state index in [0.29, 0.717) is 18.8 Å². The van der Waals surface area contributed by atoms with Gasteiger partial charge in [-0.2, -0.15) is 0 Å². The summed E-state index contributed by atoms with van der Waals surface area (Å²) >= 11 is 0. The summed E-state index contributed by atoms with van der Waals surface area (Å²) in [7, 11) is 0. The van der Waals surface area contributed by atoms with Gasteiger partial charge >= 0.3 is 12.0 Å². The first-order valence-corrected chi connectivity index (χ1v) is 9.24. The monoisotopic (exact) mass is 367 g/mol. The van der Waals surface area contributed by atoms with Gasteiger partial charge in [0.2, 0.25) is 5.91 Å². The summed E-state index contributed by atoms with van der Waals surface area (Å²) in [6, 6.07) is -0.545. The van der Waals surface area contributed by atoms with E-state index in [1.54, 1.807) is 0 Å². The highest BCUT2D eigenvalue weighted by Crippen LogP contribution is 2.45. The first-order chi connectivity index (χ1) is 12.1. The number of urea groups is 1. The number of rotatable bonds is 7. The minimum Gasteiger partial charge on any atom is -0.481 e. The van der Waals surface area contributed by atoms with Gasteiger partial charge in [0, 0.05) is 6.54 Å². The summed E-state index contributed by atoms with van der Waals surface area (Å²) in [5.41, 5.74) is -0.685. The van der Waals surface area contributed by atoms with Crippen LogP contribution in [-0.4, -0.2) is 52.4 Å². The van der Waals surface area contributed by atoms with Crippen molar-refractivity contribution in [3.63, 3.8) is 0 Å². The van der Waals surface area contributed by atoms with E-state index in [1.165, 1.54) is 0 Å². The molecule has 8 heteroatoms. The maximum absolute atomic E-state index is 12.8. The van der Waals surface area contributed by atoms with E-state index in [0.717, 1.165) is 24.2 Å². The molecule has 3 N–H and O–H groups in total. The van der Waals surface area contributed by atoms with Crippen LogP contribution in [0.2, 0.25) is 0 Å². The largest absolute Gasteiger partial charge is 0.481 e. The molecule has 1 saturated heterocycles. The second-order valence-corrected chi connectivity index (χ2v) is 8.01. The Bertz CT molecular complexity index is 594. The molecular formula is C18H29N3O5. The number of aliphatic carboxylic acids is 1. The number of carbonyl (C=O) groups is 4. The summed E-state index contributed by atoms with van der Waals surface area (Å²) in [6.07, 6.45) is 3.76. The molecule has 0 aromatic carbocycles. The van der Waals surface area contributed by atoms with Crippen LogP contribution < -0.4 is 10.6 Å². The lowest BCUT2D eigenvalue weighted by Gasteiger charge is -2.42. The first kappa shape index (κ1) is 20.2. The third-order valence-corrected chi connectivity index (χ3v) is 6.06. The molecule has 0 aromatic heterocycles. The predicted molar refractivity (Wildman–Crippen MR) is 94.3 cm³/mol. The number of hydrogen-bond acceptors (Lipinski definition) is 4. The van der Waals surface area contributed by atoms with E-state index >= 15 is 0 Å². The fourth-order valence-electron chi connectivity index (χ4n) is 3.85. The van der Waals surface area contributed by atoms with Crippen LogP contribution in [0, 0.1) is 11.3 Å². The maximum atomic E-state index is 12.8. The molecule has 1 aliphatic carbocycles. The van der Waals surface area contributed by atoms with Gasteiger partial charge in [-0.3, -0.25) is 19.3 Å². The summed E-state index contributed by atoms with van der Waals surface area (Å²) < 4.78 is 0. The molecule has 0 atom stereocenters. The van der Waals surface area contributed by atoms with Gasteiger partial charge in [0.05, 0.1) is 6.42 Å². The third kappa shape index (κ3) is 4.16. The smallest absolute Gasteiger partial charge is 0.325 e. The van der Waals surface area contributed by atoms with Crippen molar-refractivity contribution < 1.29 is 24.3 Å². The van der Waals surface area contributed by atoms with E-state index < -0.39 is 23.4 Å². The number of nitrogens with one attached hydrogen (secondary N) is 2. The number of amides is 4. The molecule has 1 saturated carbocycles. The van der Waals surface area contributed by atoms with Crippen LogP contribution in [0.4, 0.5) is 4.79 Å². The second kappa shape index (κ2) is 7.63. The van der Waals surface area contributed by atoms with E-state index in [1.807, 2.05) is 0 Å². The van der Waals surface area contributed by atoms with Crippen molar-refractivity contribution in [3.05, 3.63) is 0 Å². The Morgan fingerprint density at radius 2 is 1.92 bits per heavy atom. The second-order valence-electron chi connectivity index (χ2n) is 8.01. The molecule has 8 nitrogen and oxygen atoms in total. The van der Waals surface area contributed by atoms with Crippen molar-refractivity contribution in [3.8, 4) is 0 Å². The minimum absolute atomic E-state index is 0.0310. The lowest BCUT2D eigenvalue weighted by Crippen LogP contribution is -2.51. The number of hydrogen-bond donors (Lipinski definition) is 3. The van der Waals surface area contributed by atoms with E-state index in [9.17, 15) is 19.2 Å². The number of carboxylic acids is 1. The minimum atomic E-state index is -1.02. The molecule has 26 heavy (non-hydrogen) atoms. The van der Waals surface area contributed by atoms with Crippen LogP contribution in [0.3, 0.4) is 0 Å². The first-order valence-electron chi connectivity index (χ1n) is 9.24. The molecular weight excluding hydrogens is 338 g/mol. The van der Waals surface area contributed by atoms with E-state index in [-0.39, 0.29) is 30.8 Å². The van der Waals surface area contributed by atoms with Crippen molar-refractivity contribution in [2.45, 2.75) is 64.8 Å². The molecule has 0 unspecified atom stereocenters. The Labute approximate surface area is 153 Å². The SMILES string of the molecule is CCC(C)(C)C1CCC2(CC1)NC(=O)N(CC(=O)NCCC(=O)O)C2=O. The van der Waals surface area contributed by atoms with Crippen LogP contribution in [-0.2, 0) is 14.4 Å². The van der Waals surface area contributed by atoms with Crippen LogP contribution in [0.1, 0.15) is 59.3 Å². The lowest BCUT2D eigenvalue weighted by molar-refractivity contribution is -0.138.